The molecule has 1 aromatic carbocycles. The van der Waals surface area contributed by atoms with Crippen LogP contribution in [0.2, 0.25) is 0 Å². The maximum atomic E-state index is 12.4. The van der Waals surface area contributed by atoms with E-state index >= 15 is 0 Å². The molecule has 0 bridgehead atoms. The molecule has 0 aliphatic carbocycles. The van der Waals surface area contributed by atoms with Crippen molar-refractivity contribution in [3.63, 3.8) is 0 Å². The smallest absolute Gasteiger partial charge is 0.150 e. The fourth-order valence-electron chi connectivity index (χ4n) is 3.33. The molecule has 3 atom stereocenters. The van der Waals surface area contributed by atoms with Crippen LogP contribution in [-0.4, -0.2) is 28.8 Å². The predicted molar refractivity (Wildman–Crippen MR) is 86.1 cm³/mol. The van der Waals surface area contributed by atoms with Gasteiger partial charge in [-0.1, -0.05) is 13.0 Å². The maximum absolute atomic E-state index is 12.4. The van der Waals surface area contributed by atoms with Crippen molar-refractivity contribution >= 4 is 11.6 Å². The normalized spacial score (nSPS) is 27.8. The molecule has 0 saturated carbocycles. The van der Waals surface area contributed by atoms with E-state index in [2.05, 4.69) is 5.32 Å². The molecule has 3 unspecified atom stereocenters. The number of hydrogen-bond acceptors (Lipinski definition) is 4. The first-order valence-electron chi connectivity index (χ1n) is 7.92. The summed E-state index contributed by atoms with van der Waals surface area (Å²) in [5, 5.41) is 13.2. The first-order chi connectivity index (χ1) is 10.3. The van der Waals surface area contributed by atoms with Gasteiger partial charge in [-0.25, -0.2) is 0 Å². The summed E-state index contributed by atoms with van der Waals surface area (Å²) < 4.78 is 0. The molecular weight excluding hydrogens is 278 g/mol. The Morgan fingerprint density at radius 2 is 2.09 bits per heavy atom. The maximum Gasteiger partial charge on any atom is 0.150 e. The van der Waals surface area contributed by atoms with Gasteiger partial charge >= 0.3 is 0 Å². The lowest BCUT2D eigenvalue weighted by atomic mass is 9.72. The minimum Gasteiger partial charge on any atom is -0.508 e. The number of Topliss-reactive ketones (excluding diaryl/α,β-unsaturated/α-hetero) is 2. The Hall–Kier alpha value is -1.68. The highest BCUT2D eigenvalue weighted by Gasteiger charge is 2.43. The number of carbonyl (C=O) groups excluding carboxylic acids is 2. The predicted octanol–water partition coefficient (Wildman–Crippen LogP) is 2.51. The van der Waals surface area contributed by atoms with Crippen molar-refractivity contribution in [2.45, 2.75) is 64.5 Å². The van der Waals surface area contributed by atoms with Crippen molar-refractivity contribution < 1.29 is 14.7 Å². The molecule has 0 amide bonds. The van der Waals surface area contributed by atoms with Crippen LogP contribution in [0.3, 0.4) is 0 Å². The topological polar surface area (TPSA) is 66.4 Å². The second-order valence-electron chi connectivity index (χ2n) is 6.46. The number of rotatable bonds is 4. The van der Waals surface area contributed by atoms with E-state index in [0.29, 0.717) is 12.8 Å². The van der Waals surface area contributed by atoms with E-state index in [0.717, 1.165) is 17.5 Å². The number of phenols is 1. The lowest BCUT2D eigenvalue weighted by Gasteiger charge is -2.34. The van der Waals surface area contributed by atoms with E-state index < -0.39 is 5.41 Å². The van der Waals surface area contributed by atoms with Crippen molar-refractivity contribution in [3.8, 4) is 5.75 Å². The molecule has 0 saturated heterocycles. The minimum atomic E-state index is -0.755. The van der Waals surface area contributed by atoms with Crippen LogP contribution in [0.15, 0.2) is 18.2 Å². The molecule has 0 aromatic heterocycles. The SMILES string of the molecule is CCCC(=O)C1Cc2ccc(O)cc2C(C)(C(C)=O)C(C)N1. The highest BCUT2D eigenvalue weighted by atomic mass is 16.3. The van der Waals surface area contributed by atoms with Crippen LogP contribution in [0.25, 0.3) is 0 Å². The van der Waals surface area contributed by atoms with Gasteiger partial charge in [-0.2, -0.15) is 0 Å². The van der Waals surface area contributed by atoms with E-state index in [1.54, 1.807) is 19.1 Å². The average molecular weight is 303 g/mol. The first-order valence-corrected chi connectivity index (χ1v) is 7.92. The summed E-state index contributed by atoms with van der Waals surface area (Å²) in [7, 11) is 0. The summed E-state index contributed by atoms with van der Waals surface area (Å²) >= 11 is 0. The van der Waals surface area contributed by atoms with Crippen molar-refractivity contribution in [2.75, 3.05) is 0 Å². The number of ketones is 2. The van der Waals surface area contributed by atoms with Crippen LogP contribution >= 0.6 is 0 Å². The summed E-state index contributed by atoms with van der Waals surface area (Å²) in [6, 6.07) is 4.66. The standard InChI is InChI=1S/C18H25NO3/c1-5-6-17(22)16-9-13-7-8-14(21)10-15(13)18(4,12(3)20)11(2)19-16/h7-8,10-11,16,19,21H,5-6,9H2,1-4H3. The Kier molecular flexibility index (Phi) is 4.71. The first kappa shape index (κ1) is 16.7. The molecule has 2 rings (SSSR count). The molecule has 0 radical (unpaired) electrons. The minimum absolute atomic E-state index is 0.0305. The molecule has 120 valence electrons. The van der Waals surface area contributed by atoms with Gasteiger partial charge in [-0.3, -0.25) is 9.59 Å². The van der Waals surface area contributed by atoms with E-state index in [1.807, 2.05) is 26.8 Å². The number of phenolic OH excluding ortho intramolecular Hbond substituents is 1. The van der Waals surface area contributed by atoms with Crippen LogP contribution in [0, 0.1) is 0 Å². The summed E-state index contributed by atoms with van der Waals surface area (Å²) in [5.74, 6) is 0.362. The lowest BCUT2D eigenvalue weighted by Crippen LogP contribution is -2.52. The summed E-state index contributed by atoms with van der Waals surface area (Å²) in [6.07, 6.45) is 1.91. The van der Waals surface area contributed by atoms with Gasteiger partial charge in [0.15, 0.2) is 0 Å². The molecule has 4 nitrogen and oxygen atoms in total. The van der Waals surface area contributed by atoms with Crippen LogP contribution in [0.1, 0.15) is 51.7 Å². The highest BCUT2D eigenvalue weighted by molar-refractivity contribution is 5.90. The third-order valence-electron chi connectivity index (χ3n) is 5.01. The van der Waals surface area contributed by atoms with Crippen molar-refractivity contribution in [2.24, 2.45) is 0 Å². The Bertz CT molecular complexity index is 596. The van der Waals surface area contributed by atoms with E-state index in [1.165, 1.54) is 0 Å². The molecule has 1 aliphatic rings. The highest BCUT2D eigenvalue weighted by Crippen LogP contribution is 2.37. The van der Waals surface area contributed by atoms with Crippen LogP contribution in [0.4, 0.5) is 0 Å². The number of nitrogens with one attached hydrogen (secondary N) is 1. The monoisotopic (exact) mass is 303 g/mol. The number of aromatic hydroxyl groups is 1. The largest absolute Gasteiger partial charge is 0.508 e. The van der Waals surface area contributed by atoms with Gasteiger partial charge in [-0.15, -0.1) is 0 Å². The number of hydrogen-bond donors (Lipinski definition) is 2. The Labute approximate surface area is 131 Å². The molecule has 22 heavy (non-hydrogen) atoms. The molecule has 0 fully saturated rings. The zero-order chi connectivity index (χ0) is 16.5. The fourth-order valence-corrected chi connectivity index (χ4v) is 3.33. The van der Waals surface area contributed by atoms with Gasteiger partial charge < -0.3 is 10.4 Å². The number of carbonyl (C=O) groups is 2. The number of fused-ring (bicyclic) bond motifs is 1. The molecule has 1 heterocycles. The van der Waals surface area contributed by atoms with Crippen LogP contribution in [0.5, 0.6) is 5.75 Å². The quantitative estimate of drug-likeness (QED) is 0.897. The van der Waals surface area contributed by atoms with E-state index in [-0.39, 0.29) is 29.4 Å². The zero-order valence-corrected chi connectivity index (χ0v) is 13.8. The molecule has 1 aliphatic heterocycles. The number of benzene rings is 1. The molecule has 2 N–H and O–H groups in total. The summed E-state index contributed by atoms with van der Waals surface area (Å²) in [6.45, 7) is 7.38. The Balaban J connectivity index is 2.54. The van der Waals surface area contributed by atoms with Gasteiger partial charge in [0, 0.05) is 12.5 Å². The van der Waals surface area contributed by atoms with Gasteiger partial charge in [0.1, 0.15) is 17.3 Å². The summed E-state index contributed by atoms with van der Waals surface area (Å²) in [4.78, 5) is 24.7. The molecule has 0 spiro atoms. The summed E-state index contributed by atoms with van der Waals surface area (Å²) in [5.41, 5.74) is 1.03. The second-order valence-corrected chi connectivity index (χ2v) is 6.46. The average Bonchev–Trinajstić information content (AvgIpc) is 2.57. The van der Waals surface area contributed by atoms with Gasteiger partial charge in [0.2, 0.25) is 0 Å². The molecule has 1 aromatic rings. The van der Waals surface area contributed by atoms with Crippen molar-refractivity contribution in [1.82, 2.24) is 5.32 Å². The van der Waals surface area contributed by atoms with Gasteiger partial charge in [-0.05, 0) is 56.9 Å². The van der Waals surface area contributed by atoms with Gasteiger partial charge in [0.05, 0.1) is 11.5 Å². The van der Waals surface area contributed by atoms with Crippen molar-refractivity contribution in [1.29, 1.82) is 0 Å². The molecule has 4 heteroatoms. The van der Waals surface area contributed by atoms with Crippen LogP contribution in [-0.2, 0) is 21.4 Å². The fraction of sp³-hybridized carbons (Fsp3) is 0.556. The second kappa shape index (κ2) is 6.21. The van der Waals surface area contributed by atoms with Gasteiger partial charge in [0.25, 0.3) is 0 Å². The lowest BCUT2D eigenvalue weighted by molar-refractivity contribution is -0.124. The molecular formula is C18H25NO3. The Morgan fingerprint density at radius 1 is 1.41 bits per heavy atom. The zero-order valence-electron chi connectivity index (χ0n) is 13.8. The van der Waals surface area contributed by atoms with E-state index in [9.17, 15) is 14.7 Å². The van der Waals surface area contributed by atoms with E-state index in [4.69, 9.17) is 0 Å². The Morgan fingerprint density at radius 3 is 2.68 bits per heavy atom. The third-order valence-corrected chi connectivity index (χ3v) is 5.01. The van der Waals surface area contributed by atoms with Crippen LogP contribution < -0.4 is 5.32 Å². The van der Waals surface area contributed by atoms with Crippen molar-refractivity contribution in [3.05, 3.63) is 29.3 Å². The third kappa shape index (κ3) is 2.80.